The molecule has 0 unspecified atom stereocenters. The van der Waals surface area contributed by atoms with E-state index >= 15 is 0 Å². The summed E-state index contributed by atoms with van der Waals surface area (Å²) in [7, 11) is 1.91. The molecule has 0 spiro atoms. The van der Waals surface area contributed by atoms with Crippen molar-refractivity contribution in [1.29, 1.82) is 0 Å². The molecule has 2 aromatic rings. The van der Waals surface area contributed by atoms with Gasteiger partial charge >= 0.3 is 0 Å². The number of furan rings is 1. The second-order valence-electron chi connectivity index (χ2n) is 3.24. The third-order valence-corrected chi connectivity index (χ3v) is 2.36. The van der Waals surface area contributed by atoms with Crippen molar-refractivity contribution in [3.63, 3.8) is 0 Å². The smallest absolute Gasteiger partial charge is 0.137 e. The third-order valence-electron chi connectivity index (χ3n) is 2.36. The van der Waals surface area contributed by atoms with Crippen molar-refractivity contribution in [3.05, 3.63) is 29.8 Å². The molecule has 0 saturated carbocycles. The van der Waals surface area contributed by atoms with Gasteiger partial charge in [-0.1, -0.05) is 0 Å². The van der Waals surface area contributed by atoms with Gasteiger partial charge in [-0.25, -0.2) is 0 Å². The van der Waals surface area contributed by atoms with E-state index in [1.54, 1.807) is 6.20 Å². The Hall–Kier alpha value is -1.55. The summed E-state index contributed by atoms with van der Waals surface area (Å²) in [6.45, 7) is 2.44. The van der Waals surface area contributed by atoms with Gasteiger partial charge in [-0.3, -0.25) is 4.68 Å². The summed E-state index contributed by atoms with van der Waals surface area (Å²) in [5.74, 6) is 1.62. The molecule has 2 rings (SSSR count). The van der Waals surface area contributed by atoms with Crippen molar-refractivity contribution < 1.29 is 4.42 Å². The van der Waals surface area contributed by atoms with E-state index in [2.05, 4.69) is 5.10 Å². The number of aryl methyl sites for hydroxylation is 1. The maximum Gasteiger partial charge on any atom is 0.137 e. The van der Waals surface area contributed by atoms with Crippen LogP contribution in [0.5, 0.6) is 0 Å². The molecule has 0 bridgehead atoms. The summed E-state index contributed by atoms with van der Waals surface area (Å²) in [6, 6.07) is 3.81. The van der Waals surface area contributed by atoms with Crippen LogP contribution in [0, 0.1) is 6.92 Å². The van der Waals surface area contributed by atoms with E-state index in [-0.39, 0.29) is 0 Å². The molecule has 0 saturated heterocycles. The molecule has 0 aliphatic carbocycles. The lowest BCUT2D eigenvalue weighted by Gasteiger charge is -1.96. The molecule has 14 heavy (non-hydrogen) atoms. The monoisotopic (exact) mass is 191 g/mol. The Morgan fingerprint density at radius 1 is 1.50 bits per heavy atom. The zero-order valence-corrected chi connectivity index (χ0v) is 8.32. The Labute approximate surface area is 82.3 Å². The van der Waals surface area contributed by atoms with Crippen molar-refractivity contribution in [3.8, 4) is 11.3 Å². The van der Waals surface area contributed by atoms with Gasteiger partial charge in [0, 0.05) is 12.7 Å². The number of hydrogen-bond donors (Lipinski definition) is 1. The van der Waals surface area contributed by atoms with Crippen LogP contribution < -0.4 is 5.73 Å². The van der Waals surface area contributed by atoms with Crippen LogP contribution in [0.25, 0.3) is 11.3 Å². The van der Waals surface area contributed by atoms with Gasteiger partial charge in [0.1, 0.15) is 11.5 Å². The molecular formula is C10H13N3O. The highest BCUT2D eigenvalue weighted by Crippen LogP contribution is 2.24. The summed E-state index contributed by atoms with van der Waals surface area (Å²) in [5.41, 5.74) is 7.58. The molecule has 0 aliphatic heterocycles. The highest BCUT2D eigenvalue weighted by atomic mass is 16.3. The maximum atomic E-state index is 5.53. The minimum Gasteiger partial charge on any atom is -0.460 e. The van der Waals surface area contributed by atoms with Crippen LogP contribution in [0.4, 0.5) is 0 Å². The van der Waals surface area contributed by atoms with Gasteiger partial charge in [0.15, 0.2) is 0 Å². The fraction of sp³-hybridized carbons (Fsp3) is 0.300. The second-order valence-corrected chi connectivity index (χ2v) is 3.24. The molecule has 0 atom stereocenters. The Kier molecular flexibility index (Phi) is 2.13. The van der Waals surface area contributed by atoms with Gasteiger partial charge in [0.25, 0.3) is 0 Å². The average molecular weight is 191 g/mol. The van der Waals surface area contributed by atoms with Crippen molar-refractivity contribution in [2.24, 2.45) is 12.8 Å². The summed E-state index contributed by atoms with van der Waals surface area (Å²) in [5, 5.41) is 4.15. The molecule has 2 heterocycles. The minimum absolute atomic E-state index is 0.430. The van der Waals surface area contributed by atoms with Crippen LogP contribution >= 0.6 is 0 Å². The first-order valence-electron chi connectivity index (χ1n) is 4.50. The zero-order chi connectivity index (χ0) is 10.1. The molecule has 2 aromatic heterocycles. The average Bonchev–Trinajstić information content (AvgIpc) is 2.75. The number of rotatable bonds is 2. The van der Waals surface area contributed by atoms with Crippen LogP contribution in [-0.2, 0) is 13.6 Å². The van der Waals surface area contributed by atoms with E-state index in [1.807, 2.05) is 30.8 Å². The summed E-state index contributed by atoms with van der Waals surface area (Å²) < 4.78 is 7.35. The van der Waals surface area contributed by atoms with Crippen LogP contribution in [0.15, 0.2) is 22.7 Å². The normalized spacial score (nSPS) is 10.8. The standard InChI is InChI=1S/C10H13N3O/c1-7-9(6-12-13(7)2)10-4-3-8(5-11)14-10/h3-4,6H,5,11H2,1-2H3. The Morgan fingerprint density at radius 2 is 2.29 bits per heavy atom. The zero-order valence-electron chi connectivity index (χ0n) is 8.32. The first-order chi connectivity index (χ1) is 6.72. The maximum absolute atomic E-state index is 5.53. The molecule has 0 aliphatic rings. The quantitative estimate of drug-likeness (QED) is 0.781. The minimum atomic E-state index is 0.430. The fourth-order valence-electron chi connectivity index (χ4n) is 1.37. The topological polar surface area (TPSA) is 57.0 Å². The molecule has 4 nitrogen and oxygen atoms in total. The van der Waals surface area contributed by atoms with Gasteiger partial charge in [0.2, 0.25) is 0 Å². The Bertz CT molecular complexity index is 442. The van der Waals surface area contributed by atoms with Crippen molar-refractivity contribution in [2.45, 2.75) is 13.5 Å². The van der Waals surface area contributed by atoms with E-state index in [0.29, 0.717) is 6.54 Å². The number of hydrogen-bond acceptors (Lipinski definition) is 3. The van der Waals surface area contributed by atoms with Gasteiger partial charge < -0.3 is 10.2 Å². The van der Waals surface area contributed by atoms with E-state index in [4.69, 9.17) is 10.2 Å². The first kappa shape index (κ1) is 9.02. The predicted molar refractivity (Wildman–Crippen MR) is 53.5 cm³/mol. The van der Waals surface area contributed by atoms with Crippen molar-refractivity contribution in [2.75, 3.05) is 0 Å². The fourth-order valence-corrected chi connectivity index (χ4v) is 1.37. The van der Waals surface area contributed by atoms with Crippen molar-refractivity contribution >= 4 is 0 Å². The third kappa shape index (κ3) is 1.33. The van der Waals surface area contributed by atoms with Gasteiger partial charge in [-0.15, -0.1) is 0 Å². The lowest BCUT2D eigenvalue weighted by Crippen LogP contribution is -1.93. The second kappa shape index (κ2) is 3.31. The largest absolute Gasteiger partial charge is 0.460 e. The SMILES string of the molecule is Cc1c(-c2ccc(CN)o2)cnn1C. The van der Waals surface area contributed by atoms with Crippen LogP contribution in [0.3, 0.4) is 0 Å². The lowest BCUT2D eigenvalue weighted by molar-refractivity contribution is 0.525. The highest BCUT2D eigenvalue weighted by molar-refractivity contribution is 5.59. The van der Waals surface area contributed by atoms with E-state index < -0.39 is 0 Å². The summed E-state index contributed by atoms with van der Waals surface area (Å²) in [6.07, 6.45) is 1.80. The molecule has 0 fully saturated rings. The van der Waals surface area contributed by atoms with Crippen LogP contribution in [0.1, 0.15) is 11.5 Å². The molecule has 4 heteroatoms. The summed E-state index contributed by atoms with van der Waals surface area (Å²) >= 11 is 0. The molecule has 2 N–H and O–H groups in total. The van der Waals surface area contributed by atoms with Gasteiger partial charge in [-0.2, -0.15) is 5.10 Å². The first-order valence-corrected chi connectivity index (χ1v) is 4.50. The molecule has 0 amide bonds. The molecular weight excluding hydrogens is 178 g/mol. The van der Waals surface area contributed by atoms with E-state index in [0.717, 1.165) is 22.8 Å². The number of nitrogens with two attached hydrogens (primary N) is 1. The Morgan fingerprint density at radius 3 is 2.79 bits per heavy atom. The van der Waals surface area contributed by atoms with Crippen LogP contribution in [-0.4, -0.2) is 9.78 Å². The highest BCUT2D eigenvalue weighted by Gasteiger charge is 2.09. The summed E-state index contributed by atoms with van der Waals surface area (Å²) in [4.78, 5) is 0. The lowest BCUT2D eigenvalue weighted by atomic mass is 10.2. The van der Waals surface area contributed by atoms with Gasteiger partial charge in [-0.05, 0) is 19.1 Å². The van der Waals surface area contributed by atoms with Crippen LogP contribution in [0.2, 0.25) is 0 Å². The van der Waals surface area contributed by atoms with Gasteiger partial charge in [0.05, 0.1) is 18.3 Å². The molecule has 74 valence electrons. The number of nitrogens with zero attached hydrogens (tertiary/aromatic N) is 2. The molecule has 0 aromatic carbocycles. The Balaban J connectivity index is 2.44. The van der Waals surface area contributed by atoms with Crippen molar-refractivity contribution in [1.82, 2.24) is 9.78 Å². The van der Waals surface area contributed by atoms with E-state index in [1.165, 1.54) is 0 Å². The van der Waals surface area contributed by atoms with E-state index in [9.17, 15) is 0 Å². The predicted octanol–water partition coefficient (Wildman–Crippen LogP) is 1.45. The number of aromatic nitrogens is 2. The molecule has 0 radical (unpaired) electrons.